The van der Waals surface area contributed by atoms with Gasteiger partial charge in [0, 0.05) is 11.9 Å². The van der Waals surface area contributed by atoms with Gasteiger partial charge >= 0.3 is 5.97 Å². The number of aromatic nitrogens is 1. The van der Waals surface area contributed by atoms with Crippen LogP contribution in [-0.2, 0) is 33.4 Å². The smallest absolute Gasteiger partial charge is 0.332 e. The molecule has 3 heterocycles. The quantitative estimate of drug-likeness (QED) is 0.430. The average Bonchev–Trinajstić information content (AvgIpc) is 2.97. The first kappa shape index (κ1) is 31.1. The maximum Gasteiger partial charge on any atom is 0.332 e. The van der Waals surface area contributed by atoms with E-state index in [-0.39, 0.29) is 31.3 Å². The molecule has 0 unspecified atom stereocenters. The van der Waals surface area contributed by atoms with Crippen LogP contribution in [0.1, 0.15) is 57.8 Å². The van der Waals surface area contributed by atoms with Crippen LogP contribution >= 0.6 is 0 Å². The third-order valence-electron chi connectivity index (χ3n) is 7.07. The van der Waals surface area contributed by atoms with Crippen LogP contribution in [0.2, 0.25) is 0 Å². The molecule has 2 aromatic rings. The van der Waals surface area contributed by atoms with Gasteiger partial charge in [0.05, 0.1) is 23.9 Å². The van der Waals surface area contributed by atoms with Crippen molar-refractivity contribution in [2.45, 2.75) is 64.8 Å². The molecule has 1 aromatic carbocycles. The van der Waals surface area contributed by atoms with Crippen LogP contribution < -0.4 is 16.1 Å². The van der Waals surface area contributed by atoms with Gasteiger partial charge in [-0.1, -0.05) is 44.2 Å². The summed E-state index contributed by atoms with van der Waals surface area (Å²) in [5.41, 5.74) is 5.42. The first-order chi connectivity index (χ1) is 20.1. The Bertz CT molecular complexity index is 1330. The number of amides is 3. The highest BCUT2D eigenvalue weighted by Crippen LogP contribution is 2.20. The van der Waals surface area contributed by atoms with Crippen molar-refractivity contribution in [1.29, 1.82) is 0 Å². The number of nitrogens with one attached hydrogen (secondary N) is 3. The molecule has 0 saturated carbocycles. The first-order valence-corrected chi connectivity index (χ1v) is 14.2. The largest absolute Gasteiger partial charge is 0.450 e. The minimum atomic E-state index is -1.12. The molecule has 4 atom stereocenters. The molecule has 12 nitrogen and oxygen atoms in total. The molecule has 0 aliphatic carbocycles. The Morgan fingerprint density at radius 3 is 2.52 bits per heavy atom. The number of carbonyl (C=O) groups excluding carboxylic acids is 4. The number of nitrogens with zero attached hydrogens (tertiary/aromatic N) is 2. The van der Waals surface area contributed by atoms with E-state index in [1.54, 1.807) is 20.8 Å². The van der Waals surface area contributed by atoms with E-state index >= 15 is 0 Å². The van der Waals surface area contributed by atoms with Crippen LogP contribution in [0.4, 0.5) is 0 Å². The fourth-order valence-corrected chi connectivity index (χ4v) is 4.76. The SMILES string of the molecule is CC(C)[C@@H]1OC(=O)COCOC/C=C/c2ccc3ccc(nc3c2)[C@@H](C)NC(=O)[C@@H]2CCCN(N2)C(=O)[C@H](C)NC1=O. The minimum absolute atomic E-state index is 0.139. The van der Waals surface area contributed by atoms with Crippen molar-refractivity contribution in [3.63, 3.8) is 0 Å². The fraction of sp³-hybridized carbons (Fsp3) is 0.500. The van der Waals surface area contributed by atoms with E-state index in [0.29, 0.717) is 25.1 Å². The molecular formula is C30H39N5O7. The van der Waals surface area contributed by atoms with Crippen molar-refractivity contribution in [1.82, 2.24) is 26.1 Å². The lowest BCUT2D eigenvalue weighted by Crippen LogP contribution is -2.61. The standard InChI is InChI=1S/C30H39N5O7/c1-18(2)27-29(38)32-20(4)30(39)35-13-5-8-24(34-35)28(37)31-19(3)23-12-11-22-10-9-21(15-25(22)33-23)7-6-14-40-17-41-16-26(36)42-27/h6-7,9-12,15,18-20,24,27,34H,5,8,13-14,16-17H2,1-4H3,(H,31,37)(H,32,38)/b7-6+/t19-,20+,24+,27+/m1/s1. The zero-order valence-electron chi connectivity index (χ0n) is 24.4. The highest BCUT2D eigenvalue weighted by molar-refractivity contribution is 5.91. The Labute approximate surface area is 245 Å². The van der Waals surface area contributed by atoms with E-state index in [2.05, 4.69) is 16.1 Å². The normalized spacial score (nSPS) is 26.4. The number of hydrazine groups is 1. The van der Waals surface area contributed by atoms with Gasteiger partial charge in [-0.05, 0) is 50.3 Å². The Hall–Kier alpha value is -3.87. The molecule has 1 fully saturated rings. The number of rotatable bonds is 1. The number of carbonyl (C=O) groups is 4. The maximum atomic E-state index is 13.2. The molecule has 12 heteroatoms. The number of hydrogen-bond acceptors (Lipinski definition) is 9. The topological polar surface area (TPSA) is 148 Å². The number of hydrogen-bond donors (Lipinski definition) is 3. The molecule has 0 radical (unpaired) electrons. The van der Waals surface area contributed by atoms with Crippen molar-refractivity contribution in [2.75, 3.05) is 26.6 Å². The molecule has 2 aliphatic rings. The average molecular weight is 582 g/mol. The van der Waals surface area contributed by atoms with E-state index in [4.69, 9.17) is 19.2 Å². The lowest BCUT2D eigenvalue weighted by molar-refractivity contribution is -0.166. The van der Waals surface area contributed by atoms with Gasteiger partial charge in [-0.3, -0.25) is 24.4 Å². The Kier molecular flexibility index (Phi) is 10.6. The molecular weight excluding hydrogens is 542 g/mol. The van der Waals surface area contributed by atoms with Crippen LogP contribution in [0.15, 0.2) is 36.4 Å². The number of esters is 1. The molecule has 42 heavy (non-hydrogen) atoms. The molecule has 3 N–H and O–H groups in total. The van der Waals surface area contributed by atoms with Gasteiger partial charge in [-0.15, -0.1) is 0 Å². The molecule has 3 amide bonds. The fourth-order valence-electron chi connectivity index (χ4n) is 4.76. The van der Waals surface area contributed by atoms with Crippen molar-refractivity contribution >= 4 is 40.7 Å². The summed E-state index contributed by atoms with van der Waals surface area (Å²) in [6.45, 7) is 6.97. The zero-order chi connectivity index (χ0) is 30.2. The third-order valence-corrected chi connectivity index (χ3v) is 7.07. The Balaban J connectivity index is 1.53. The van der Waals surface area contributed by atoms with Gasteiger partial charge in [-0.2, -0.15) is 0 Å². The first-order valence-electron chi connectivity index (χ1n) is 14.2. The van der Waals surface area contributed by atoms with E-state index in [1.165, 1.54) is 5.01 Å². The summed E-state index contributed by atoms with van der Waals surface area (Å²) in [7, 11) is 0. The molecule has 1 aromatic heterocycles. The number of fused-ring (bicyclic) bond motifs is 4. The zero-order valence-corrected chi connectivity index (χ0v) is 24.4. The Morgan fingerprint density at radius 1 is 0.976 bits per heavy atom. The number of ether oxygens (including phenoxy) is 3. The minimum Gasteiger partial charge on any atom is -0.450 e. The predicted octanol–water partition coefficient (Wildman–Crippen LogP) is 2.00. The van der Waals surface area contributed by atoms with Crippen molar-refractivity contribution in [2.24, 2.45) is 5.92 Å². The second-order valence-electron chi connectivity index (χ2n) is 10.9. The summed E-state index contributed by atoms with van der Waals surface area (Å²) in [6, 6.07) is 7.81. The molecule has 226 valence electrons. The van der Waals surface area contributed by atoms with E-state index in [0.717, 1.165) is 16.5 Å². The van der Waals surface area contributed by atoms with Crippen LogP contribution in [0, 0.1) is 5.92 Å². The highest BCUT2D eigenvalue weighted by atomic mass is 16.7. The molecule has 5 bridgehead atoms. The van der Waals surface area contributed by atoms with Gasteiger partial charge in [0.2, 0.25) is 5.91 Å². The number of benzene rings is 1. The Morgan fingerprint density at radius 2 is 1.74 bits per heavy atom. The van der Waals surface area contributed by atoms with Gasteiger partial charge in [0.1, 0.15) is 25.5 Å². The molecule has 2 aliphatic heterocycles. The third kappa shape index (κ3) is 8.11. The summed E-state index contributed by atoms with van der Waals surface area (Å²) in [4.78, 5) is 56.4. The summed E-state index contributed by atoms with van der Waals surface area (Å²) in [6.07, 6.45) is 3.74. The number of cyclic esters (lactones) is 1. The van der Waals surface area contributed by atoms with Crippen molar-refractivity contribution in [3.8, 4) is 0 Å². The second kappa shape index (κ2) is 14.3. The van der Waals surface area contributed by atoms with E-state index in [9.17, 15) is 19.2 Å². The van der Waals surface area contributed by atoms with Gasteiger partial charge in [0.15, 0.2) is 6.10 Å². The van der Waals surface area contributed by atoms with Gasteiger partial charge in [0.25, 0.3) is 11.8 Å². The highest BCUT2D eigenvalue weighted by Gasteiger charge is 2.33. The summed E-state index contributed by atoms with van der Waals surface area (Å²) in [5, 5.41) is 7.97. The lowest BCUT2D eigenvalue weighted by Gasteiger charge is -2.35. The molecule has 4 rings (SSSR count). The van der Waals surface area contributed by atoms with Gasteiger partial charge < -0.3 is 24.8 Å². The molecule has 0 spiro atoms. The summed E-state index contributed by atoms with van der Waals surface area (Å²) in [5.74, 6) is -2.34. The monoisotopic (exact) mass is 581 g/mol. The van der Waals surface area contributed by atoms with Crippen LogP contribution in [0.3, 0.4) is 0 Å². The van der Waals surface area contributed by atoms with Crippen LogP contribution in [0.25, 0.3) is 17.0 Å². The van der Waals surface area contributed by atoms with Crippen molar-refractivity contribution in [3.05, 3.63) is 47.7 Å². The van der Waals surface area contributed by atoms with E-state index in [1.807, 2.05) is 49.4 Å². The lowest BCUT2D eigenvalue weighted by atomic mass is 10.1. The van der Waals surface area contributed by atoms with Gasteiger partial charge in [-0.25, -0.2) is 10.2 Å². The maximum absolute atomic E-state index is 13.2. The second-order valence-corrected chi connectivity index (χ2v) is 10.9. The summed E-state index contributed by atoms with van der Waals surface area (Å²) < 4.78 is 16.0. The van der Waals surface area contributed by atoms with Crippen molar-refractivity contribution < 1.29 is 33.4 Å². The predicted molar refractivity (Wildman–Crippen MR) is 154 cm³/mol. The van der Waals surface area contributed by atoms with E-state index < -0.39 is 42.6 Å². The summed E-state index contributed by atoms with van der Waals surface area (Å²) >= 11 is 0. The van der Waals surface area contributed by atoms with Crippen LogP contribution in [0.5, 0.6) is 0 Å². The van der Waals surface area contributed by atoms with Crippen LogP contribution in [-0.4, -0.2) is 78.4 Å². The number of pyridine rings is 1. The molecule has 1 saturated heterocycles.